The van der Waals surface area contributed by atoms with E-state index >= 15 is 0 Å². The largest absolute Gasteiger partial charge is 0.375 e. The molecule has 6 heteroatoms. The number of nitrogens with zero attached hydrogens (tertiary/aromatic N) is 1. The van der Waals surface area contributed by atoms with Crippen molar-refractivity contribution in [2.75, 3.05) is 5.73 Å². The summed E-state index contributed by atoms with van der Waals surface area (Å²) in [6.07, 6.45) is 0. The molecule has 2 rings (SSSR count). The van der Waals surface area contributed by atoms with Gasteiger partial charge in [0.25, 0.3) is 0 Å². The number of aromatic nitrogens is 1. The summed E-state index contributed by atoms with van der Waals surface area (Å²) in [6.45, 7) is 2.05. The molecular weight excluding hydrogens is 242 g/mol. The molecule has 0 aliphatic rings. The SMILES string of the molecule is CC(=O)NCc1sccc1-c1csc(N)n1. The van der Waals surface area contributed by atoms with Crippen LogP contribution in [0.5, 0.6) is 0 Å². The van der Waals surface area contributed by atoms with Gasteiger partial charge in [-0.2, -0.15) is 0 Å². The number of nitrogen functional groups attached to an aromatic ring is 1. The highest BCUT2D eigenvalue weighted by Crippen LogP contribution is 2.29. The highest BCUT2D eigenvalue weighted by atomic mass is 32.1. The Bertz CT molecular complexity index is 504. The maximum absolute atomic E-state index is 10.9. The third-order valence-electron chi connectivity index (χ3n) is 2.04. The van der Waals surface area contributed by atoms with Crippen molar-refractivity contribution in [2.45, 2.75) is 13.5 Å². The molecule has 1 amide bonds. The van der Waals surface area contributed by atoms with Gasteiger partial charge in [0.15, 0.2) is 5.13 Å². The van der Waals surface area contributed by atoms with Gasteiger partial charge < -0.3 is 11.1 Å². The number of thiazole rings is 1. The first kappa shape index (κ1) is 11.1. The second kappa shape index (κ2) is 4.63. The molecule has 0 saturated heterocycles. The van der Waals surface area contributed by atoms with Gasteiger partial charge in [-0.15, -0.1) is 22.7 Å². The summed E-state index contributed by atoms with van der Waals surface area (Å²) in [5.41, 5.74) is 7.52. The second-order valence-corrected chi connectivity index (χ2v) is 5.13. The fraction of sp³-hybridized carbons (Fsp3) is 0.200. The van der Waals surface area contributed by atoms with Crippen LogP contribution >= 0.6 is 22.7 Å². The Morgan fingerprint density at radius 3 is 3.00 bits per heavy atom. The van der Waals surface area contributed by atoms with Gasteiger partial charge in [-0.1, -0.05) is 0 Å². The zero-order valence-electron chi connectivity index (χ0n) is 8.69. The van der Waals surface area contributed by atoms with E-state index in [2.05, 4.69) is 10.3 Å². The van der Waals surface area contributed by atoms with Crippen LogP contribution in [0.1, 0.15) is 11.8 Å². The van der Waals surface area contributed by atoms with Crippen LogP contribution in [-0.4, -0.2) is 10.9 Å². The molecule has 4 nitrogen and oxygen atoms in total. The molecule has 0 radical (unpaired) electrons. The zero-order chi connectivity index (χ0) is 11.5. The number of carbonyl (C=O) groups is 1. The fourth-order valence-electron chi connectivity index (χ4n) is 1.32. The van der Waals surface area contributed by atoms with Crippen molar-refractivity contribution in [1.82, 2.24) is 10.3 Å². The summed E-state index contributed by atoms with van der Waals surface area (Å²) in [5.74, 6) is -0.0304. The fourth-order valence-corrected chi connectivity index (χ4v) is 2.71. The molecule has 2 heterocycles. The van der Waals surface area contributed by atoms with Crippen molar-refractivity contribution in [3.8, 4) is 11.3 Å². The maximum atomic E-state index is 10.9. The molecule has 0 bridgehead atoms. The van der Waals surface area contributed by atoms with E-state index in [1.54, 1.807) is 11.3 Å². The van der Waals surface area contributed by atoms with E-state index in [1.807, 2.05) is 16.8 Å². The molecule has 2 aromatic heterocycles. The summed E-state index contributed by atoms with van der Waals surface area (Å²) in [6, 6.07) is 2.00. The average Bonchev–Trinajstić information content (AvgIpc) is 2.82. The number of amides is 1. The number of carbonyl (C=O) groups excluding carboxylic acids is 1. The van der Waals surface area contributed by atoms with Gasteiger partial charge in [0.2, 0.25) is 5.91 Å². The van der Waals surface area contributed by atoms with Crippen molar-refractivity contribution in [3.05, 3.63) is 21.7 Å². The molecule has 0 atom stereocenters. The first-order chi connectivity index (χ1) is 7.66. The van der Waals surface area contributed by atoms with E-state index in [4.69, 9.17) is 5.73 Å². The molecule has 0 aromatic carbocycles. The number of nitrogens with one attached hydrogen (secondary N) is 1. The smallest absolute Gasteiger partial charge is 0.217 e. The summed E-state index contributed by atoms with van der Waals surface area (Å²) < 4.78 is 0. The highest BCUT2D eigenvalue weighted by Gasteiger charge is 2.09. The molecule has 0 aliphatic heterocycles. The molecule has 0 fully saturated rings. The lowest BCUT2D eigenvalue weighted by molar-refractivity contribution is -0.119. The molecule has 0 aliphatic carbocycles. The number of thiophene rings is 1. The van der Waals surface area contributed by atoms with Crippen molar-refractivity contribution < 1.29 is 4.79 Å². The van der Waals surface area contributed by atoms with Crippen LogP contribution in [0.4, 0.5) is 5.13 Å². The highest BCUT2D eigenvalue weighted by molar-refractivity contribution is 7.14. The molecule has 0 saturated carbocycles. The lowest BCUT2D eigenvalue weighted by Crippen LogP contribution is -2.18. The Morgan fingerprint density at radius 1 is 1.56 bits per heavy atom. The van der Waals surface area contributed by atoms with Gasteiger partial charge >= 0.3 is 0 Å². The normalized spacial score (nSPS) is 10.3. The Balaban J connectivity index is 2.22. The topological polar surface area (TPSA) is 68.0 Å². The van der Waals surface area contributed by atoms with Gasteiger partial charge in [0.05, 0.1) is 12.2 Å². The van der Waals surface area contributed by atoms with E-state index in [1.165, 1.54) is 18.3 Å². The van der Waals surface area contributed by atoms with Gasteiger partial charge in [0.1, 0.15) is 0 Å². The number of hydrogen-bond donors (Lipinski definition) is 2. The zero-order valence-corrected chi connectivity index (χ0v) is 10.3. The maximum Gasteiger partial charge on any atom is 0.217 e. The van der Waals surface area contributed by atoms with Crippen LogP contribution in [0.25, 0.3) is 11.3 Å². The first-order valence-corrected chi connectivity index (χ1v) is 6.45. The molecular formula is C10H11N3OS2. The first-order valence-electron chi connectivity index (χ1n) is 4.69. The molecule has 16 heavy (non-hydrogen) atoms. The quantitative estimate of drug-likeness (QED) is 0.880. The minimum absolute atomic E-state index is 0.0304. The van der Waals surface area contributed by atoms with Crippen LogP contribution in [0, 0.1) is 0 Å². The van der Waals surface area contributed by atoms with Crippen molar-refractivity contribution >= 4 is 33.7 Å². The summed E-state index contributed by atoms with van der Waals surface area (Å²) in [7, 11) is 0. The van der Waals surface area contributed by atoms with Crippen LogP contribution in [-0.2, 0) is 11.3 Å². The van der Waals surface area contributed by atoms with Gasteiger partial charge in [-0.3, -0.25) is 4.79 Å². The number of rotatable bonds is 3. The third-order valence-corrected chi connectivity index (χ3v) is 3.64. The van der Waals surface area contributed by atoms with Crippen LogP contribution in [0.15, 0.2) is 16.8 Å². The van der Waals surface area contributed by atoms with Crippen LogP contribution < -0.4 is 11.1 Å². The average molecular weight is 253 g/mol. The lowest BCUT2D eigenvalue weighted by Gasteiger charge is -2.01. The molecule has 2 aromatic rings. The minimum Gasteiger partial charge on any atom is -0.375 e. The monoisotopic (exact) mass is 253 g/mol. The number of hydrogen-bond acceptors (Lipinski definition) is 5. The Hall–Kier alpha value is -1.40. The molecule has 3 N–H and O–H groups in total. The van der Waals surface area contributed by atoms with Crippen molar-refractivity contribution in [3.63, 3.8) is 0 Å². The lowest BCUT2D eigenvalue weighted by atomic mass is 10.2. The predicted molar refractivity (Wildman–Crippen MR) is 67.4 cm³/mol. The number of nitrogens with two attached hydrogens (primary N) is 1. The van der Waals surface area contributed by atoms with E-state index in [-0.39, 0.29) is 5.91 Å². The molecule has 84 valence electrons. The van der Waals surface area contributed by atoms with Crippen molar-refractivity contribution in [2.24, 2.45) is 0 Å². The third kappa shape index (κ3) is 2.40. The van der Waals surface area contributed by atoms with E-state index < -0.39 is 0 Å². The van der Waals surface area contributed by atoms with Crippen LogP contribution in [0.3, 0.4) is 0 Å². The Labute approximate surface area is 101 Å². The van der Waals surface area contributed by atoms with E-state index in [0.717, 1.165) is 16.1 Å². The molecule has 0 spiro atoms. The summed E-state index contributed by atoms with van der Waals surface area (Å²) >= 11 is 3.02. The summed E-state index contributed by atoms with van der Waals surface area (Å²) in [5, 5.41) is 7.26. The summed E-state index contributed by atoms with van der Waals surface area (Å²) in [4.78, 5) is 16.2. The minimum atomic E-state index is -0.0304. The van der Waals surface area contributed by atoms with Gasteiger partial charge in [-0.05, 0) is 11.4 Å². The van der Waals surface area contributed by atoms with Crippen LogP contribution in [0.2, 0.25) is 0 Å². The van der Waals surface area contributed by atoms with Gasteiger partial charge in [0, 0.05) is 22.7 Å². The molecule has 0 unspecified atom stereocenters. The Kier molecular flexibility index (Phi) is 3.21. The van der Waals surface area contributed by atoms with E-state index in [9.17, 15) is 4.79 Å². The van der Waals surface area contributed by atoms with Gasteiger partial charge in [-0.25, -0.2) is 4.98 Å². The Morgan fingerprint density at radius 2 is 2.38 bits per heavy atom. The predicted octanol–water partition coefficient (Wildman–Crippen LogP) is 2.09. The standard InChI is InChI=1S/C10H11N3OS2/c1-6(14)12-4-9-7(2-3-15-9)8-5-16-10(11)13-8/h2-3,5H,4H2,1H3,(H2,11,13)(H,12,14). The van der Waals surface area contributed by atoms with Crippen molar-refractivity contribution in [1.29, 1.82) is 0 Å². The van der Waals surface area contributed by atoms with E-state index in [0.29, 0.717) is 11.7 Å². The number of anilines is 1. The second-order valence-electron chi connectivity index (χ2n) is 3.24.